The Morgan fingerprint density at radius 1 is 1.23 bits per heavy atom. The van der Waals surface area contributed by atoms with E-state index in [-0.39, 0.29) is 24.3 Å². The molecule has 7 nitrogen and oxygen atoms in total. The summed E-state index contributed by atoms with van der Waals surface area (Å²) in [5.74, 6) is 1.28. The van der Waals surface area contributed by atoms with Crippen LogP contribution in [0.2, 0.25) is 0 Å². The first-order chi connectivity index (χ1) is 14.5. The fourth-order valence-corrected chi connectivity index (χ4v) is 4.46. The number of nitrogens with zero attached hydrogens (tertiary/aromatic N) is 1. The summed E-state index contributed by atoms with van der Waals surface area (Å²) < 4.78 is 17.4. The Morgan fingerprint density at radius 3 is 2.67 bits per heavy atom. The Hall–Kier alpha value is -2.74. The standard InChI is InChI=1S/C22H23BrN2O5/c1-13(15-10-19-20(11-16(15)23)30-8-7-29-19)24-22(27)14-9-21(26)25(12-14)17-5-3-4-6-18(17)28-2/h3-6,10-11,13-14H,7-9,12H2,1-2H3,(H,24,27). The van der Waals surface area contributed by atoms with Gasteiger partial charge in [0.15, 0.2) is 11.5 Å². The molecule has 0 bridgehead atoms. The number of ether oxygens (including phenoxy) is 3. The smallest absolute Gasteiger partial charge is 0.227 e. The van der Waals surface area contributed by atoms with E-state index in [1.807, 2.05) is 37.3 Å². The fourth-order valence-electron chi connectivity index (χ4n) is 3.79. The van der Waals surface area contributed by atoms with Crippen LogP contribution in [0.4, 0.5) is 5.69 Å². The first-order valence-electron chi connectivity index (χ1n) is 9.80. The number of fused-ring (bicyclic) bond motifs is 1. The number of methoxy groups -OCH3 is 1. The summed E-state index contributed by atoms with van der Waals surface area (Å²) in [7, 11) is 1.57. The van der Waals surface area contributed by atoms with E-state index in [0.717, 1.165) is 10.0 Å². The number of carbonyl (C=O) groups excluding carboxylic acids is 2. The van der Waals surface area contributed by atoms with Crippen molar-refractivity contribution >= 4 is 33.4 Å². The van der Waals surface area contributed by atoms with E-state index < -0.39 is 5.92 Å². The van der Waals surface area contributed by atoms with Gasteiger partial charge in [0.25, 0.3) is 0 Å². The third-order valence-corrected chi connectivity index (χ3v) is 6.05. The van der Waals surface area contributed by atoms with Gasteiger partial charge in [-0.1, -0.05) is 28.1 Å². The Labute approximate surface area is 183 Å². The summed E-state index contributed by atoms with van der Waals surface area (Å²) in [4.78, 5) is 27.1. The van der Waals surface area contributed by atoms with Crippen LogP contribution in [0, 0.1) is 5.92 Å². The van der Waals surface area contributed by atoms with Crippen LogP contribution in [0.15, 0.2) is 40.9 Å². The van der Waals surface area contributed by atoms with Crippen LogP contribution < -0.4 is 24.4 Å². The van der Waals surface area contributed by atoms with Crippen LogP contribution in [0.5, 0.6) is 17.2 Å². The predicted octanol–water partition coefficient (Wildman–Crippen LogP) is 3.46. The number of para-hydroxylation sites is 2. The lowest BCUT2D eigenvalue weighted by Gasteiger charge is -2.23. The maximum absolute atomic E-state index is 12.9. The van der Waals surface area contributed by atoms with E-state index in [1.54, 1.807) is 18.1 Å². The van der Waals surface area contributed by atoms with Crippen molar-refractivity contribution in [2.45, 2.75) is 19.4 Å². The zero-order valence-corrected chi connectivity index (χ0v) is 18.4. The minimum Gasteiger partial charge on any atom is -0.495 e. The summed E-state index contributed by atoms with van der Waals surface area (Å²) in [6.45, 7) is 3.24. The zero-order valence-electron chi connectivity index (χ0n) is 16.8. The topological polar surface area (TPSA) is 77.1 Å². The van der Waals surface area contributed by atoms with Gasteiger partial charge in [-0.2, -0.15) is 0 Å². The van der Waals surface area contributed by atoms with E-state index in [0.29, 0.717) is 42.7 Å². The van der Waals surface area contributed by atoms with Crippen LogP contribution in [-0.2, 0) is 9.59 Å². The summed E-state index contributed by atoms with van der Waals surface area (Å²) in [6.07, 6.45) is 0.166. The third kappa shape index (κ3) is 3.96. The van der Waals surface area contributed by atoms with Gasteiger partial charge in [0, 0.05) is 17.4 Å². The summed E-state index contributed by atoms with van der Waals surface area (Å²) in [5, 5.41) is 3.03. The van der Waals surface area contributed by atoms with Crippen molar-refractivity contribution in [3.63, 3.8) is 0 Å². The normalized spacial score (nSPS) is 18.8. The molecule has 0 aromatic heterocycles. The first kappa shape index (κ1) is 20.5. The van der Waals surface area contributed by atoms with Crippen LogP contribution >= 0.6 is 15.9 Å². The van der Waals surface area contributed by atoms with Gasteiger partial charge in [0.2, 0.25) is 11.8 Å². The molecule has 1 N–H and O–H groups in total. The van der Waals surface area contributed by atoms with E-state index in [9.17, 15) is 9.59 Å². The Kier molecular flexibility index (Phi) is 5.85. The molecule has 8 heteroatoms. The van der Waals surface area contributed by atoms with E-state index in [2.05, 4.69) is 21.2 Å². The molecule has 2 aromatic carbocycles. The Balaban J connectivity index is 1.46. The molecule has 0 aliphatic carbocycles. The van der Waals surface area contributed by atoms with Crippen LogP contribution in [0.25, 0.3) is 0 Å². The molecule has 2 aliphatic rings. The van der Waals surface area contributed by atoms with Gasteiger partial charge in [-0.25, -0.2) is 0 Å². The number of anilines is 1. The number of amides is 2. The number of rotatable bonds is 5. The molecule has 2 atom stereocenters. The molecule has 0 spiro atoms. The Morgan fingerprint density at radius 2 is 1.93 bits per heavy atom. The Bertz CT molecular complexity index is 980. The van der Waals surface area contributed by atoms with Gasteiger partial charge in [0.05, 0.1) is 24.8 Å². The van der Waals surface area contributed by atoms with Crippen molar-refractivity contribution in [3.05, 3.63) is 46.4 Å². The van der Waals surface area contributed by atoms with Gasteiger partial charge in [-0.3, -0.25) is 9.59 Å². The van der Waals surface area contributed by atoms with Crippen molar-refractivity contribution in [3.8, 4) is 17.2 Å². The minimum atomic E-state index is -0.430. The van der Waals surface area contributed by atoms with Gasteiger partial charge >= 0.3 is 0 Å². The molecule has 30 heavy (non-hydrogen) atoms. The average molecular weight is 475 g/mol. The van der Waals surface area contributed by atoms with Crippen LogP contribution in [-0.4, -0.2) is 38.7 Å². The molecule has 2 heterocycles. The second kappa shape index (κ2) is 8.55. The summed E-state index contributed by atoms with van der Waals surface area (Å²) in [5.41, 5.74) is 1.57. The van der Waals surface area contributed by atoms with Gasteiger partial charge in [-0.15, -0.1) is 0 Å². The zero-order chi connectivity index (χ0) is 21.3. The molecule has 1 fully saturated rings. The highest BCUT2D eigenvalue weighted by molar-refractivity contribution is 9.10. The molecule has 1 saturated heterocycles. The van der Waals surface area contributed by atoms with Gasteiger partial charge in [0.1, 0.15) is 19.0 Å². The number of carbonyl (C=O) groups is 2. The largest absolute Gasteiger partial charge is 0.495 e. The predicted molar refractivity (Wildman–Crippen MR) is 115 cm³/mol. The van der Waals surface area contributed by atoms with Crippen LogP contribution in [0.3, 0.4) is 0 Å². The molecule has 2 aliphatic heterocycles. The lowest BCUT2D eigenvalue weighted by Crippen LogP contribution is -2.34. The summed E-state index contributed by atoms with van der Waals surface area (Å²) >= 11 is 3.55. The lowest BCUT2D eigenvalue weighted by atomic mass is 10.0. The molecule has 0 radical (unpaired) electrons. The number of benzene rings is 2. The number of hydrogen-bond acceptors (Lipinski definition) is 5. The molecule has 2 unspecified atom stereocenters. The average Bonchev–Trinajstić information content (AvgIpc) is 3.14. The maximum Gasteiger partial charge on any atom is 0.227 e. The second-order valence-electron chi connectivity index (χ2n) is 7.32. The molecule has 4 rings (SSSR count). The third-order valence-electron chi connectivity index (χ3n) is 5.36. The monoisotopic (exact) mass is 474 g/mol. The van der Waals surface area contributed by atoms with E-state index in [4.69, 9.17) is 14.2 Å². The second-order valence-corrected chi connectivity index (χ2v) is 8.18. The number of halogens is 1. The molecule has 0 saturated carbocycles. The highest BCUT2D eigenvalue weighted by Crippen LogP contribution is 2.38. The molecular weight excluding hydrogens is 452 g/mol. The summed E-state index contributed by atoms with van der Waals surface area (Å²) in [6, 6.07) is 10.8. The van der Waals surface area contributed by atoms with Crippen molar-refractivity contribution in [1.29, 1.82) is 0 Å². The maximum atomic E-state index is 12.9. The highest BCUT2D eigenvalue weighted by Gasteiger charge is 2.36. The van der Waals surface area contributed by atoms with Crippen LogP contribution in [0.1, 0.15) is 24.9 Å². The number of nitrogens with one attached hydrogen (secondary N) is 1. The highest BCUT2D eigenvalue weighted by atomic mass is 79.9. The minimum absolute atomic E-state index is 0.0900. The van der Waals surface area contributed by atoms with E-state index >= 15 is 0 Å². The molecule has 2 amide bonds. The van der Waals surface area contributed by atoms with Crippen molar-refractivity contribution < 1.29 is 23.8 Å². The molecule has 158 valence electrons. The van der Waals surface area contributed by atoms with E-state index in [1.165, 1.54) is 0 Å². The van der Waals surface area contributed by atoms with Crippen molar-refractivity contribution in [2.24, 2.45) is 5.92 Å². The van der Waals surface area contributed by atoms with Gasteiger partial charge in [-0.05, 0) is 36.8 Å². The van der Waals surface area contributed by atoms with Crippen molar-refractivity contribution in [2.75, 3.05) is 31.8 Å². The van der Waals surface area contributed by atoms with Crippen molar-refractivity contribution in [1.82, 2.24) is 5.32 Å². The number of hydrogen-bond donors (Lipinski definition) is 1. The first-order valence-corrected chi connectivity index (χ1v) is 10.6. The van der Waals surface area contributed by atoms with Gasteiger partial charge < -0.3 is 24.4 Å². The SMILES string of the molecule is COc1ccccc1N1CC(C(=O)NC(C)c2cc3c(cc2Br)OCCO3)CC1=O. The molecule has 2 aromatic rings. The quantitative estimate of drug-likeness (QED) is 0.717. The molecular formula is C22H23BrN2O5. The fraction of sp³-hybridized carbons (Fsp3) is 0.364. The lowest BCUT2D eigenvalue weighted by molar-refractivity contribution is -0.126.